The fourth-order valence-corrected chi connectivity index (χ4v) is 4.23. The Hall–Kier alpha value is -1.58. The minimum absolute atomic E-state index is 0.192. The fourth-order valence-electron chi connectivity index (χ4n) is 2.20. The van der Waals surface area contributed by atoms with Crippen molar-refractivity contribution >= 4 is 48.5 Å². The molecule has 1 unspecified atom stereocenters. The van der Waals surface area contributed by atoms with Gasteiger partial charge in [0.05, 0.1) is 16.1 Å². The average Bonchev–Trinajstić information content (AvgIpc) is 2.54. The fraction of sp³-hybridized carbons (Fsp3) is 0.188. The molecular weight excluding hydrogens is 459 g/mol. The first kappa shape index (κ1) is 20.7. The third kappa shape index (κ3) is 4.39. The number of rotatable bonds is 5. The summed E-state index contributed by atoms with van der Waals surface area (Å²) in [6, 6.07) is 7.75. The zero-order valence-corrected chi connectivity index (χ0v) is 16.3. The molecule has 0 radical (unpaired) electrons. The van der Waals surface area contributed by atoms with E-state index in [9.17, 15) is 26.4 Å². The van der Waals surface area contributed by atoms with Gasteiger partial charge in [-0.15, -0.1) is 0 Å². The predicted octanol–water partition coefficient (Wildman–Crippen LogP) is 4.82. The molecule has 1 atom stereocenters. The Bertz CT molecular complexity index is 917. The summed E-state index contributed by atoms with van der Waals surface area (Å²) < 4.78 is 66.1. The van der Waals surface area contributed by atoms with Crippen molar-refractivity contribution in [3.63, 3.8) is 0 Å². The van der Waals surface area contributed by atoms with Crippen molar-refractivity contribution in [2.24, 2.45) is 0 Å². The van der Waals surface area contributed by atoms with Gasteiger partial charge in [0.15, 0.2) is 0 Å². The van der Waals surface area contributed by atoms with Crippen molar-refractivity contribution in [2.45, 2.75) is 24.0 Å². The van der Waals surface area contributed by atoms with E-state index in [1.54, 1.807) is 0 Å². The molecule has 2 rings (SSSR count). The number of anilines is 1. The van der Waals surface area contributed by atoms with Crippen molar-refractivity contribution < 1.29 is 26.4 Å². The molecule has 0 aliphatic heterocycles. The lowest BCUT2D eigenvalue weighted by atomic mass is 10.2. The molecule has 0 amide bonds. The van der Waals surface area contributed by atoms with Crippen LogP contribution in [0.3, 0.4) is 0 Å². The van der Waals surface area contributed by atoms with Crippen molar-refractivity contribution in [2.75, 3.05) is 4.31 Å². The van der Waals surface area contributed by atoms with E-state index in [1.165, 1.54) is 37.3 Å². The molecule has 140 valence electrons. The van der Waals surface area contributed by atoms with Crippen molar-refractivity contribution in [3.8, 4) is 0 Å². The number of sulfonamides is 1. The molecule has 0 aliphatic rings. The van der Waals surface area contributed by atoms with Gasteiger partial charge in [-0.3, -0.25) is 9.10 Å². The van der Waals surface area contributed by atoms with Crippen LogP contribution in [0.2, 0.25) is 0 Å². The Morgan fingerprint density at radius 3 is 2.23 bits per heavy atom. The third-order valence-corrected chi connectivity index (χ3v) is 6.24. The van der Waals surface area contributed by atoms with E-state index < -0.39 is 33.0 Å². The Morgan fingerprint density at radius 2 is 1.73 bits per heavy atom. The zero-order chi connectivity index (χ0) is 19.7. The van der Waals surface area contributed by atoms with Crippen LogP contribution in [0.25, 0.3) is 0 Å². The molecule has 0 aliphatic carbocycles. The van der Waals surface area contributed by atoms with E-state index >= 15 is 0 Å². The van der Waals surface area contributed by atoms with Gasteiger partial charge in [-0.2, -0.15) is 13.2 Å². The Kier molecular flexibility index (Phi) is 6.04. The Labute approximate surface area is 161 Å². The summed E-state index contributed by atoms with van der Waals surface area (Å²) in [6.45, 7) is 1.20. The zero-order valence-electron chi connectivity index (χ0n) is 13.2. The van der Waals surface area contributed by atoms with E-state index in [0.29, 0.717) is 14.8 Å². The van der Waals surface area contributed by atoms with Crippen LogP contribution in [-0.4, -0.2) is 19.7 Å². The maximum atomic E-state index is 13.0. The highest BCUT2D eigenvalue weighted by Gasteiger charge is 2.35. The van der Waals surface area contributed by atoms with Crippen LogP contribution in [-0.2, 0) is 21.0 Å². The maximum Gasteiger partial charge on any atom is 0.416 e. The lowest BCUT2D eigenvalue weighted by molar-refractivity contribution is -0.137. The molecule has 2 aromatic rings. The van der Waals surface area contributed by atoms with Crippen molar-refractivity contribution in [1.82, 2.24) is 0 Å². The lowest BCUT2D eigenvalue weighted by Crippen LogP contribution is -2.42. The maximum absolute atomic E-state index is 13.0. The summed E-state index contributed by atoms with van der Waals surface area (Å²) in [5, 5.41) is -1.02. The van der Waals surface area contributed by atoms with Gasteiger partial charge < -0.3 is 0 Å². The SMILES string of the molecule is CC(C(=O)Cl)N(c1cccc(C(F)(F)F)c1)S(=O)(=O)c1ccc(Br)cc1. The van der Waals surface area contributed by atoms with Gasteiger partial charge in [0.1, 0.15) is 6.04 Å². The largest absolute Gasteiger partial charge is 0.416 e. The predicted molar refractivity (Wildman–Crippen MR) is 95.6 cm³/mol. The number of benzene rings is 2. The van der Waals surface area contributed by atoms with Gasteiger partial charge in [0.25, 0.3) is 10.0 Å². The number of hydrogen-bond acceptors (Lipinski definition) is 3. The number of carbonyl (C=O) groups is 1. The van der Waals surface area contributed by atoms with Crippen molar-refractivity contribution in [1.29, 1.82) is 0 Å². The summed E-state index contributed by atoms with van der Waals surface area (Å²) in [7, 11) is -4.34. The summed E-state index contributed by atoms with van der Waals surface area (Å²) in [5.41, 5.74) is -1.36. The van der Waals surface area contributed by atoms with Gasteiger partial charge in [0, 0.05) is 4.47 Å². The summed E-state index contributed by atoms with van der Waals surface area (Å²) in [4.78, 5) is 11.4. The Balaban J connectivity index is 2.65. The van der Waals surface area contributed by atoms with E-state index in [1.807, 2.05) is 0 Å². The smallest absolute Gasteiger partial charge is 0.279 e. The van der Waals surface area contributed by atoms with Gasteiger partial charge in [-0.05, 0) is 61.0 Å². The van der Waals surface area contributed by atoms with Crippen LogP contribution in [0, 0.1) is 0 Å². The van der Waals surface area contributed by atoms with Crippen LogP contribution in [0.15, 0.2) is 57.9 Å². The van der Waals surface area contributed by atoms with Crippen LogP contribution in [0.1, 0.15) is 12.5 Å². The van der Waals surface area contributed by atoms with E-state index in [4.69, 9.17) is 11.6 Å². The van der Waals surface area contributed by atoms with E-state index in [2.05, 4.69) is 15.9 Å². The molecule has 0 heterocycles. The minimum atomic E-state index is -4.67. The highest BCUT2D eigenvalue weighted by Crippen LogP contribution is 2.34. The number of alkyl halides is 3. The molecule has 26 heavy (non-hydrogen) atoms. The minimum Gasteiger partial charge on any atom is -0.279 e. The van der Waals surface area contributed by atoms with E-state index in [-0.39, 0.29) is 10.6 Å². The lowest BCUT2D eigenvalue weighted by Gasteiger charge is -2.29. The first-order valence-electron chi connectivity index (χ1n) is 7.11. The van der Waals surface area contributed by atoms with Crippen LogP contribution in [0.4, 0.5) is 18.9 Å². The van der Waals surface area contributed by atoms with Crippen LogP contribution < -0.4 is 4.31 Å². The van der Waals surface area contributed by atoms with Gasteiger partial charge in [-0.25, -0.2) is 8.42 Å². The van der Waals surface area contributed by atoms with E-state index in [0.717, 1.165) is 12.1 Å². The number of halogens is 5. The first-order valence-corrected chi connectivity index (χ1v) is 9.72. The molecule has 0 spiro atoms. The molecule has 0 saturated heterocycles. The number of carbonyl (C=O) groups excluding carboxylic acids is 1. The van der Waals surface area contributed by atoms with Crippen LogP contribution in [0.5, 0.6) is 0 Å². The molecule has 2 aromatic carbocycles. The third-order valence-electron chi connectivity index (χ3n) is 3.48. The quantitative estimate of drug-likeness (QED) is 0.589. The second-order valence-corrected chi connectivity index (χ2v) is 8.39. The molecular formula is C16H12BrClF3NO3S. The topological polar surface area (TPSA) is 54.5 Å². The highest BCUT2D eigenvalue weighted by atomic mass is 79.9. The standard InChI is InChI=1S/C16H12BrClF3NO3S/c1-10(15(18)23)22(13-4-2-3-11(9-13)16(19,20)21)26(24,25)14-7-5-12(17)6-8-14/h2-10H,1H3. The molecule has 0 aromatic heterocycles. The number of hydrogen-bond donors (Lipinski definition) is 0. The average molecular weight is 471 g/mol. The second-order valence-electron chi connectivity index (χ2n) is 5.28. The number of nitrogens with zero attached hydrogens (tertiary/aromatic N) is 1. The van der Waals surface area contributed by atoms with Gasteiger partial charge in [-0.1, -0.05) is 22.0 Å². The molecule has 0 saturated carbocycles. The Morgan fingerprint density at radius 1 is 1.15 bits per heavy atom. The van der Waals surface area contributed by atoms with Gasteiger partial charge in [0.2, 0.25) is 5.24 Å². The summed E-state index contributed by atoms with van der Waals surface area (Å²) in [5.74, 6) is 0. The van der Waals surface area contributed by atoms with Crippen molar-refractivity contribution in [3.05, 3.63) is 58.6 Å². The highest BCUT2D eigenvalue weighted by molar-refractivity contribution is 9.10. The summed E-state index contributed by atoms with van der Waals surface area (Å²) >= 11 is 8.62. The summed E-state index contributed by atoms with van der Waals surface area (Å²) in [6.07, 6.45) is -4.67. The first-order chi connectivity index (χ1) is 11.9. The molecule has 0 fully saturated rings. The molecule has 4 nitrogen and oxygen atoms in total. The molecule has 10 heteroatoms. The second kappa shape index (κ2) is 7.58. The van der Waals surface area contributed by atoms with Crippen LogP contribution >= 0.6 is 27.5 Å². The normalized spacial score (nSPS) is 13.3. The monoisotopic (exact) mass is 469 g/mol. The molecule has 0 N–H and O–H groups in total. The van der Waals surface area contributed by atoms with Gasteiger partial charge >= 0.3 is 6.18 Å². The molecule has 0 bridgehead atoms.